The van der Waals surface area contributed by atoms with Crippen LogP contribution in [0.3, 0.4) is 0 Å². The highest BCUT2D eigenvalue weighted by Gasteiger charge is 2.14. The first-order valence-electron chi connectivity index (χ1n) is 8.14. The summed E-state index contributed by atoms with van der Waals surface area (Å²) in [5.74, 6) is -0.785. The molecule has 4 rings (SSSR count). The minimum Gasteiger partial charge on any atom is -0.467 e. The van der Waals surface area contributed by atoms with E-state index in [9.17, 15) is 9.18 Å². The van der Waals surface area contributed by atoms with Crippen LogP contribution in [0.4, 0.5) is 10.1 Å². The molecular weight excluding hydrogens is 349 g/mol. The lowest BCUT2D eigenvalue weighted by Crippen LogP contribution is -2.21. The van der Waals surface area contributed by atoms with Crippen LogP contribution < -0.4 is 10.1 Å². The maximum absolute atomic E-state index is 13.6. The molecule has 0 saturated carbocycles. The Kier molecular flexibility index (Phi) is 4.44. The summed E-state index contributed by atoms with van der Waals surface area (Å²) in [5.41, 5.74) is 1.49. The summed E-state index contributed by atoms with van der Waals surface area (Å²) in [4.78, 5) is 20.3. The lowest BCUT2D eigenvalue weighted by molar-refractivity contribution is -0.118. The molecule has 0 saturated heterocycles. The van der Waals surface area contributed by atoms with E-state index >= 15 is 0 Å². The second-order valence-corrected chi connectivity index (χ2v) is 5.62. The smallest absolute Gasteiger partial charge is 0.262 e. The first-order valence-corrected chi connectivity index (χ1v) is 8.14. The lowest BCUT2D eigenvalue weighted by atomic mass is 10.3. The van der Waals surface area contributed by atoms with Crippen molar-refractivity contribution >= 4 is 22.6 Å². The van der Waals surface area contributed by atoms with Crippen LogP contribution in [0.25, 0.3) is 16.7 Å². The number of hydrogen-bond donors (Lipinski definition) is 1. The molecule has 1 amide bonds. The van der Waals surface area contributed by atoms with Crippen LogP contribution in [0.15, 0.2) is 67.1 Å². The van der Waals surface area contributed by atoms with Crippen molar-refractivity contribution in [2.24, 2.45) is 0 Å². The third kappa shape index (κ3) is 3.45. The van der Waals surface area contributed by atoms with Gasteiger partial charge in [0.15, 0.2) is 12.3 Å². The zero-order chi connectivity index (χ0) is 18.6. The van der Waals surface area contributed by atoms with Crippen molar-refractivity contribution in [3.63, 3.8) is 0 Å². The van der Waals surface area contributed by atoms with E-state index in [1.165, 1.54) is 18.5 Å². The molecule has 0 fully saturated rings. The largest absolute Gasteiger partial charge is 0.467 e. The van der Waals surface area contributed by atoms with E-state index in [2.05, 4.69) is 20.4 Å². The van der Waals surface area contributed by atoms with Crippen LogP contribution >= 0.6 is 0 Å². The number of para-hydroxylation sites is 2. The predicted molar refractivity (Wildman–Crippen MR) is 97.2 cm³/mol. The molecule has 2 heterocycles. The lowest BCUT2D eigenvalue weighted by Gasteiger charge is -2.08. The van der Waals surface area contributed by atoms with E-state index in [-0.39, 0.29) is 18.2 Å². The fraction of sp³-hybridized carbons (Fsp3) is 0.0526. The molecule has 134 valence electrons. The summed E-state index contributed by atoms with van der Waals surface area (Å²) in [6.45, 7) is -0.322. The SMILES string of the molecule is O=C(COc1ncnc2c1cnn2-c1ccccc1)Nc1ccccc1F. The number of hydrogen-bond acceptors (Lipinski definition) is 5. The molecule has 27 heavy (non-hydrogen) atoms. The highest BCUT2D eigenvalue weighted by Crippen LogP contribution is 2.23. The first-order chi connectivity index (χ1) is 13.2. The average molecular weight is 363 g/mol. The monoisotopic (exact) mass is 363 g/mol. The molecule has 0 aliphatic heterocycles. The van der Waals surface area contributed by atoms with Crippen LogP contribution in [0, 0.1) is 5.82 Å². The van der Waals surface area contributed by atoms with Gasteiger partial charge in [0.05, 0.1) is 17.6 Å². The molecule has 2 aromatic heterocycles. The number of benzene rings is 2. The zero-order valence-electron chi connectivity index (χ0n) is 14.0. The number of halogens is 1. The Balaban J connectivity index is 1.52. The number of aromatic nitrogens is 4. The maximum atomic E-state index is 13.6. The Hall–Kier alpha value is -3.81. The van der Waals surface area contributed by atoms with Gasteiger partial charge in [0, 0.05) is 0 Å². The Labute approximate surface area is 153 Å². The Morgan fingerprint density at radius 3 is 2.67 bits per heavy atom. The van der Waals surface area contributed by atoms with E-state index in [0.717, 1.165) is 5.69 Å². The number of carbonyl (C=O) groups is 1. The number of nitrogens with one attached hydrogen (secondary N) is 1. The fourth-order valence-corrected chi connectivity index (χ4v) is 2.58. The minimum absolute atomic E-state index is 0.0934. The summed E-state index contributed by atoms with van der Waals surface area (Å²) < 4.78 is 20.8. The topological polar surface area (TPSA) is 81.9 Å². The van der Waals surface area contributed by atoms with Gasteiger partial charge in [-0.2, -0.15) is 5.10 Å². The third-order valence-corrected chi connectivity index (χ3v) is 3.82. The van der Waals surface area contributed by atoms with Gasteiger partial charge in [-0.25, -0.2) is 19.0 Å². The molecule has 0 unspecified atom stereocenters. The minimum atomic E-state index is -0.514. The second kappa shape index (κ2) is 7.20. The standard InChI is InChI=1S/C19H14FN5O2/c20-15-8-4-5-9-16(15)24-17(26)11-27-19-14-10-23-25(18(14)21-12-22-19)13-6-2-1-3-7-13/h1-10,12H,11H2,(H,24,26). The molecule has 0 radical (unpaired) electrons. The molecule has 0 spiro atoms. The molecule has 7 nitrogen and oxygen atoms in total. The van der Waals surface area contributed by atoms with Crippen LogP contribution in [0.5, 0.6) is 5.88 Å². The van der Waals surface area contributed by atoms with Gasteiger partial charge < -0.3 is 10.1 Å². The van der Waals surface area contributed by atoms with Crippen molar-refractivity contribution in [1.29, 1.82) is 0 Å². The van der Waals surface area contributed by atoms with Crippen molar-refractivity contribution in [2.45, 2.75) is 0 Å². The highest BCUT2D eigenvalue weighted by molar-refractivity contribution is 5.92. The van der Waals surface area contributed by atoms with Crippen LogP contribution in [0.2, 0.25) is 0 Å². The van der Waals surface area contributed by atoms with E-state index in [1.54, 1.807) is 23.0 Å². The second-order valence-electron chi connectivity index (χ2n) is 5.62. The number of rotatable bonds is 5. The molecule has 4 aromatic rings. The van der Waals surface area contributed by atoms with Gasteiger partial charge in [0.25, 0.3) is 5.91 Å². The van der Waals surface area contributed by atoms with Crippen molar-refractivity contribution < 1.29 is 13.9 Å². The fourth-order valence-electron chi connectivity index (χ4n) is 2.58. The van der Waals surface area contributed by atoms with Gasteiger partial charge in [-0.1, -0.05) is 30.3 Å². The molecule has 0 aliphatic rings. The molecule has 8 heteroatoms. The van der Waals surface area contributed by atoms with Crippen LogP contribution in [-0.4, -0.2) is 32.3 Å². The summed E-state index contributed by atoms with van der Waals surface area (Å²) in [6.07, 6.45) is 2.92. The summed E-state index contributed by atoms with van der Waals surface area (Å²) in [5, 5.41) is 7.34. The predicted octanol–water partition coefficient (Wildman–Crippen LogP) is 2.97. The van der Waals surface area contributed by atoms with Gasteiger partial charge in [0.2, 0.25) is 5.88 Å². The van der Waals surface area contributed by atoms with Crippen molar-refractivity contribution in [1.82, 2.24) is 19.7 Å². The molecule has 1 N–H and O–H groups in total. The molecule has 0 bridgehead atoms. The maximum Gasteiger partial charge on any atom is 0.262 e. The number of carbonyl (C=O) groups excluding carboxylic acids is 1. The Morgan fingerprint density at radius 2 is 1.85 bits per heavy atom. The third-order valence-electron chi connectivity index (χ3n) is 3.82. The zero-order valence-corrected chi connectivity index (χ0v) is 14.0. The summed E-state index contributed by atoms with van der Waals surface area (Å²) in [6, 6.07) is 15.4. The molecule has 0 aliphatic carbocycles. The molecule has 2 aromatic carbocycles. The van der Waals surface area contributed by atoms with Gasteiger partial charge in [0.1, 0.15) is 17.5 Å². The summed E-state index contributed by atoms with van der Waals surface area (Å²) in [7, 11) is 0. The van der Waals surface area contributed by atoms with Gasteiger partial charge >= 0.3 is 0 Å². The Bertz CT molecular complexity index is 1100. The van der Waals surface area contributed by atoms with Crippen LogP contribution in [0.1, 0.15) is 0 Å². The Morgan fingerprint density at radius 1 is 1.07 bits per heavy atom. The highest BCUT2D eigenvalue weighted by atomic mass is 19.1. The van der Waals surface area contributed by atoms with Crippen LogP contribution in [-0.2, 0) is 4.79 Å². The molecule has 0 atom stereocenters. The van der Waals surface area contributed by atoms with Crippen molar-refractivity contribution in [2.75, 3.05) is 11.9 Å². The van der Waals surface area contributed by atoms with E-state index < -0.39 is 11.7 Å². The van der Waals surface area contributed by atoms with E-state index in [1.807, 2.05) is 30.3 Å². The van der Waals surface area contributed by atoms with Crippen molar-refractivity contribution in [3.05, 3.63) is 72.9 Å². The molecular formula is C19H14FN5O2. The van der Waals surface area contributed by atoms with E-state index in [4.69, 9.17) is 4.74 Å². The summed E-state index contributed by atoms with van der Waals surface area (Å²) >= 11 is 0. The van der Waals surface area contributed by atoms with Gasteiger partial charge in [-0.3, -0.25) is 4.79 Å². The van der Waals surface area contributed by atoms with E-state index in [0.29, 0.717) is 11.0 Å². The number of fused-ring (bicyclic) bond motifs is 1. The van der Waals surface area contributed by atoms with Gasteiger partial charge in [-0.05, 0) is 24.3 Å². The normalized spacial score (nSPS) is 10.7. The number of anilines is 1. The number of ether oxygens (including phenoxy) is 1. The van der Waals surface area contributed by atoms with Gasteiger partial charge in [-0.15, -0.1) is 0 Å². The number of nitrogens with zero attached hydrogens (tertiary/aromatic N) is 4. The van der Waals surface area contributed by atoms with Crippen molar-refractivity contribution in [3.8, 4) is 11.6 Å². The quantitative estimate of drug-likeness (QED) is 0.589. The first kappa shape index (κ1) is 16.6. The number of amides is 1. The average Bonchev–Trinajstić information content (AvgIpc) is 3.13.